The van der Waals surface area contributed by atoms with Crippen molar-refractivity contribution in [3.05, 3.63) is 119 Å². The highest BCUT2D eigenvalue weighted by Crippen LogP contribution is 2.47. The number of carbonyl (C=O) groups is 1. The molecule has 1 N–H and O–H groups in total. The summed E-state index contributed by atoms with van der Waals surface area (Å²) < 4.78 is 34.3. The molecule has 0 fully saturated rings. The third-order valence-corrected chi connectivity index (χ3v) is 10.2. The number of ether oxygens (including phenoxy) is 1. The first-order chi connectivity index (χ1) is 22.2. The van der Waals surface area contributed by atoms with Gasteiger partial charge in [-0.3, -0.25) is 4.79 Å². The molecule has 0 radical (unpaired) electrons. The van der Waals surface area contributed by atoms with Crippen molar-refractivity contribution in [2.24, 2.45) is 4.99 Å². The maximum atomic E-state index is 13.5. The number of para-hydroxylation sites is 2. The van der Waals surface area contributed by atoms with Gasteiger partial charge in [0.15, 0.2) is 5.82 Å². The highest BCUT2D eigenvalue weighted by molar-refractivity contribution is 7.91. The summed E-state index contributed by atoms with van der Waals surface area (Å²) >= 11 is 0. The number of aryl methyl sites for hydroxylation is 1. The minimum atomic E-state index is -3.72. The fourth-order valence-corrected chi connectivity index (χ4v) is 7.35. The molecule has 0 saturated carbocycles. The number of amides is 1. The molecule has 2 aliphatic rings. The van der Waals surface area contributed by atoms with Gasteiger partial charge in [-0.05, 0) is 91.6 Å². The molecule has 1 atom stereocenters. The predicted molar refractivity (Wildman–Crippen MR) is 178 cm³/mol. The van der Waals surface area contributed by atoms with Gasteiger partial charge < -0.3 is 15.0 Å². The lowest BCUT2D eigenvalue weighted by molar-refractivity contribution is -0.110. The summed E-state index contributed by atoms with van der Waals surface area (Å²) in [5.74, 6) is 1.49. The number of anilines is 2. The third-order valence-electron chi connectivity index (χ3n) is 8.42. The molecule has 0 saturated heterocycles. The highest BCUT2D eigenvalue weighted by atomic mass is 32.2. The normalized spacial score (nSPS) is 15.5. The third kappa shape index (κ3) is 4.85. The van der Waals surface area contributed by atoms with E-state index in [4.69, 9.17) is 14.8 Å². The molecular formula is C36H33N5O4S. The Morgan fingerprint density at radius 2 is 1.54 bits per heavy atom. The van der Waals surface area contributed by atoms with Crippen molar-refractivity contribution < 1.29 is 17.9 Å². The summed E-state index contributed by atoms with van der Waals surface area (Å²) in [6.45, 7) is 8.56. The number of amidine groups is 1. The number of sulfone groups is 1. The zero-order chi connectivity index (χ0) is 32.2. The van der Waals surface area contributed by atoms with E-state index in [1.165, 1.54) is 0 Å². The number of carbonyl (C=O) groups excluding carboxylic acids is 1. The molecule has 0 unspecified atom stereocenters. The van der Waals surface area contributed by atoms with Gasteiger partial charge in [-0.25, -0.2) is 18.1 Å². The minimum Gasteiger partial charge on any atom is -0.494 e. The molecule has 5 aromatic rings. The number of rotatable bonds is 7. The van der Waals surface area contributed by atoms with Crippen molar-refractivity contribution in [3.8, 4) is 11.4 Å². The molecule has 46 heavy (non-hydrogen) atoms. The molecule has 232 valence electrons. The van der Waals surface area contributed by atoms with Crippen LogP contribution >= 0.6 is 0 Å². The van der Waals surface area contributed by atoms with Gasteiger partial charge in [-0.1, -0.05) is 50.2 Å². The molecule has 0 bridgehead atoms. The molecule has 1 aromatic heterocycles. The Morgan fingerprint density at radius 3 is 2.20 bits per heavy atom. The summed E-state index contributed by atoms with van der Waals surface area (Å²) in [6, 6.07) is 28.7. The number of fused-ring (bicyclic) bond motifs is 4. The van der Waals surface area contributed by atoms with E-state index in [9.17, 15) is 13.2 Å². The average Bonchev–Trinajstić information content (AvgIpc) is 3.40. The van der Waals surface area contributed by atoms with Gasteiger partial charge in [0.25, 0.3) is 5.91 Å². The molecule has 2 aliphatic heterocycles. The number of aliphatic imine (C=N–C) groups is 1. The number of hydrogen-bond acceptors (Lipinski definition) is 7. The van der Waals surface area contributed by atoms with Crippen LogP contribution in [0.25, 0.3) is 5.69 Å². The molecule has 3 heterocycles. The molecule has 0 aliphatic carbocycles. The summed E-state index contributed by atoms with van der Waals surface area (Å²) in [5.41, 5.74) is 5.75. The Bertz CT molecular complexity index is 2100. The molecule has 4 aromatic carbocycles. The van der Waals surface area contributed by atoms with Crippen LogP contribution < -0.4 is 15.0 Å². The van der Waals surface area contributed by atoms with Gasteiger partial charge >= 0.3 is 0 Å². The first-order valence-corrected chi connectivity index (χ1v) is 16.7. The van der Waals surface area contributed by atoms with E-state index in [1.807, 2.05) is 79.4 Å². The molecule has 10 heteroatoms. The zero-order valence-corrected chi connectivity index (χ0v) is 26.7. The summed E-state index contributed by atoms with van der Waals surface area (Å²) in [5, 5.41) is 7.85. The highest BCUT2D eigenvalue weighted by Gasteiger charge is 2.42. The van der Waals surface area contributed by atoms with Crippen molar-refractivity contribution >= 4 is 38.8 Å². The lowest BCUT2D eigenvalue weighted by Crippen LogP contribution is -2.48. The monoisotopic (exact) mass is 631 g/mol. The van der Waals surface area contributed by atoms with Crippen molar-refractivity contribution in [2.75, 3.05) is 16.8 Å². The van der Waals surface area contributed by atoms with E-state index in [0.29, 0.717) is 29.7 Å². The second-order valence-electron chi connectivity index (χ2n) is 11.6. The Hall–Kier alpha value is -5.22. The van der Waals surface area contributed by atoms with E-state index in [0.717, 1.165) is 33.8 Å². The van der Waals surface area contributed by atoms with E-state index in [2.05, 4.69) is 19.2 Å². The van der Waals surface area contributed by atoms with Gasteiger partial charge in [0.2, 0.25) is 15.7 Å². The van der Waals surface area contributed by atoms with E-state index in [-0.39, 0.29) is 21.5 Å². The van der Waals surface area contributed by atoms with Gasteiger partial charge in [0.05, 0.1) is 45.2 Å². The second-order valence-corrected chi connectivity index (χ2v) is 13.6. The predicted octanol–water partition coefficient (Wildman–Crippen LogP) is 7.13. The quantitative estimate of drug-likeness (QED) is 0.205. The molecule has 7 rings (SSSR count). The Kier molecular flexibility index (Phi) is 7.24. The maximum Gasteiger partial charge on any atom is 0.291 e. The van der Waals surface area contributed by atoms with Crippen LogP contribution in [0, 0.1) is 6.92 Å². The SMILES string of the molecule is CCOc1ccc([C@H]2c3c(C)nn(-c4ccc(S(=O)(=O)c5ccc(C(C)C)cc5)cc4)c3N=C3C(=O)Nc4ccccc4N32)cc1. The van der Waals surface area contributed by atoms with E-state index in [1.54, 1.807) is 41.1 Å². The average molecular weight is 632 g/mol. The molecular weight excluding hydrogens is 598 g/mol. The van der Waals surface area contributed by atoms with Gasteiger partial charge in [-0.2, -0.15) is 5.10 Å². The standard InChI is InChI=1S/C36H33N5O4S/c1-5-45-27-16-10-25(11-17-27)33-32-23(4)39-41(34(32)38-35-36(42)37-30-8-6-7-9-31(30)40(33)35)26-14-20-29(21-15-26)46(43,44)28-18-12-24(13-19-28)22(2)3/h6-22,33H,5H2,1-4H3,(H,37,42)/t33-/m0/s1. The number of hydrogen-bond donors (Lipinski definition) is 1. The Balaban J connectivity index is 1.33. The van der Waals surface area contributed by atoms with Crippen LogP contribution in [-0.4, -0.2) is 36.5 Å². The molecule has 0 spiro atoms. The Morgan fingerprint density at radius 1 is 0.891 bits per heavy atom. The van der Waals surface area contributed by atoms with Crippen LogP contribution in [0.15, 0.2) is 112 Å². The van der Waals surface area contributed by atoms with Crippen molar-refractivity contribution in [1.29, 1.82) is 0 Å². The van der Waals surface area contributed by atoms with E-state index >= 15 is 0 Å². The number of nitrogens with zero attached hydrogens (tertiary/aromatic N) is 4. The topological polar surface area (TPSA) is 106 Å². The van der Waals surface area contributed by atoms with Gasteiger partial charge in [0.1, 0.15) is 5.75 Å². The largest absolute Gasteiger partial charge is 0.494 e. The Labute approximate surface area is 268 Å². The van der Waals surface area contributed by atoms with Gasteiger partial charge in [0, 0.05) is 5.56 Å². The summed E-state index contributed by atoms with van der Waals surface area (Å²) in [6.07, 6.45) is 0. The number of benzene rings is 4. The van der Waals surface area contributed by atoms with Crippen molar-refractivity contribution in [3.63, 3.8) is 0 Å². The van der Waals surface area contributed by atoms with Crippen LogP contribution in [0.2, 0.25) is 0 Å². The fourth-order valence-electron chi connectivity index (χ4n) is 6.08. The minimum absolute atomic E-state index is 0.180. The maximum absolute atomic E-state index is 13.5. The van der Waals surface area contributed by atoms with Gasteiger partial charge in [-0.15, -0.1) is 0 Å². The smallest absolute Gasteiger partial charge is 0.291 e. The summed E-state index contributed by atoms with van der Waals surface area (Å²) in [7, 11) is -3.72. The lowest BCUT2D eigenvalue weighted by atomic mass is 9.93. The first kappa shape index (κ1) is 29.5. The lowest BCUT2D eigenvalue weighted by Gasteiger charge is -2.40. The first-order valence-electron chi connectivity index (χ1n) is 15.2. The van der Waals surface area contributed by atoms with Crippen LogP contribution in [0.5, 0.6) is 5.75 Å². The molecule has 9 nitrogen and oxygen atoms in total. The number of aromatic nitrogens is 2. The molecule has 1 amide bonds. The van der Waals surface area contributed by atoms with Crippen LogP contribution in [0.3, 0.4) is 0 Å². The number of nitrogens with one attached hydrogen (secondary N) is 1. The summed E-state index contributed by atoms with van der Waals surface area (Å²) in [4.78, 5) is 20.8. The van der Waals surface area contributed by atoms with Crippen LogP contribution in [0.1, 0.15) is 55.1 Å². The van der Waals surface area contributed by atoms with Crippen LogP contribution in [0.4, 0.5) is 17.2 Å². The zero-order valence-electron chi connectivity index (χ0n) is 25.9. The van der Waals surface area contributed by atoms with E-state index < -0.39 is 15.9 Å². The van der Waals surface area contributed by atoms with Crippen molar-refractivity contribution in [2.45, 2.75) is 49.4 Å². The van der Waals surface area contributed by atoms with Crippen LogP contribution in [-0.2, 0) is 14.6 Å². The van der Waals surface area contributed by atoms with Crippen molar-refractivity contribution in [1.82, 2.24) is 9.78 Å². The fraction of sp³-hybridized carbons (Fsp3) is 0.194. The second kappa shape index (κ2) is 11.3.